The average Bonchev–Trinajstić information content (AvgIpc) is 2.54. The number of hydrogen-bond acceptors (Lipinski definition) is 2. The second-order valence-corrected chi connectivity index (χ2v) is 5.38. The van der Waals surface area contributed by atoms with Crippen LogP contribution in [0.4, 0.5) is 0 Å². The number of nitrogens with one attached hydrogen (secondary N) is 1. The van der Waals surface area contributed by atoms with Gasteiger partial charge in [0, 0.05) is 24.6 Å². The van der Waals surface area contributed by atoms with Crippen LogP contribution in [0.5, 0.6) is 5.75 Å². The summed E-state index contributed by atoms with van der Waals surface area (Å²) in [5, 5.41) is 3.52. The van der Waals surface area contributed by atoms with Gasteiger partial charge in [-0.15, -0.1) is 0 Å². The zero-order valence-corrected chi connectivity index (χ0v) is 13.0. The van der Waals surface area contributed by atoms with Crippen LogP contribution < -0.4 is 10.1 Å². The molecule has 0 bridgehead atoms. The van der Waals surface area contributed by atoms with E-state index in [-0.39, 0.29) is 0 Å². The minimum absolute atomic E-state index is 0.530. The van der Waals surface area contributed by atoms with Crippen molar-refractivity contribution in [2.45, 2.75) is 39.3 Å². The van der Waals surface area contributed by atoms with Crippen LogP contribution >= 0.6 is 0 Å². The van der Waals surface area contributed by atoms with Gasteiger partial charge in [-0.3, -0.25) is 0 Å². The molecule has 2 heteroatoms. The summed E-state index contributed by atoms with van der Waals surface area (Å²) >= 11 is 0. The molecular weight excluding hydrogens is 258 g/mol. The summed E-state index contributed by atoms with van der Waals surface area (Å²) < 4.78 is 5.97. The minimum Gasteiger partial charge on any atom is -0.493 e. The lowest BCUT2D eigenvalue weighted by molar-refractivity contribution is 0.317. The van der Waals surface area contributed by atoms with Crippen molar-refractivity contribution >= 4 is 0 Å². The Balaban J connectivity index is 1.87. The summed E-state index contributed by atoms with van der Waals surface area (Å²) in [6.07, 6.45) is 2.07. The van der Waals surface area contributed by atoms with Gasteiger partial charge in [-0.2, -0.15) is 0 Å². The molecule has 2 aromatic rings. The molecule has 2 nitrogen and oxygen atoms in total. The van der Waals surface area contributed by atoms with Crippen LogP contribution in [-0.2, 0) is 13.0 Å². The van der Waals surface area contributed by atoms with Gasteiger partial charge in [-0.1, -0.05) is 55.5 Å². The molecule has 21 heavy (non-hydrogen) atoms. The molecule has 0 aliphatic carbocycles. The van der Waals surface area contributed by atoms with Crippen molar-refractivity contribution in [2.24, 2.45) is 0 Å². The molecule has 0 fully saturated rings. The first-order valence-corrected chi connectivity index (χ1v) is 7.77. The van der Waals surface area contributed by atoms with Gasteiger partial charge in [0.2, 0.25) is 0 Å². The second kappa shape index (κ2) is 8.48. The Kier molecular flexibility index (Phi) is 6.29. The van der Waals surface area contributed by atoms with Crippen LogP contribution in [0.2, 0.25) is 0 Å². The third kappa shape index (κ3) is 5.24. The molecule has 112 valence electrons. The van der Waals surface area contributed by atoms with E-state index >= 15 is 0 Å². The van der Waals surface area contributed by atoms with E-state index in [0.29, 0.717) is 12.6 Å². The van der Waals surface area contributed by atoms with Gasteiger partial charge in [-0.05, 0) is 25.0 Å². The molecule has 1 unspecified atom stereocenters. The standard InChI is InChI=1S/C19H25NO/c1-3-16(2)20-15-18-11-7-8-12-19(18)21-14-13-17-9-5-4-6-10-17/h4-12,16,20H,3,13-15H2,1-2H3. The molecule has 0 spiro atoms. The first kappa shape index (κ1) is 15.6. The fourth-order valence-corrected chi connectivity index (χ4v) is 2.14. The van der Waals surface area contributed by atoms with E-state index in [1.807, 2.05) is 12.1 Å². The summed E-state index contributed by atoms with van der Waals surface area (Å²) in [5.41, 5.74) is 2.54. The minimum atomic E-state index is 0.530. The predicted octanol–water partition coefficient (Wildman–Crippen LogP) is 4.20. The Morgan fingerprint density at radius 3 is 2.48 bits per heavy atom. The molecular formula is C19H25NO. The topological polar surface area (TPSA) is 21.3 Å². The molecule has 1 atom stereocenters. The quantitative estimate of drug-likeness (QED) is 0.784. The van der Waals surface area contributed by atoms with Crippen LogP contribution in [0, 0.1) is 0 Å². The molecule has 0 radical (unpaired) electrons. The Bertz CT molecular complexity index is 524. The Morgan fingerprint density at radius 2 is 1.71 bits per heavy atom. The van der Waals surface area contributed by atoms with E-state index in [9.17, 15) is 0 Å². The fourth-order valence-electron chi connectivity index (χ4n) is 2.14. The van der Waals surface area contributed by atoms with E-state index < -0.39 is 0 Å². The summed E-state index contributed by atoms with van der Waals surface area (Å²) in [5.74, 6) is 0.990. The van der Waals surface area contributed by atoms with Gasteiger partial charge >= 0.3 is 0 Å². The third-order valence-corrected chi connectivity index (χ3v) is 3.72. The average molecular weight is 283 g/mol. The number of hydrogen-bond donors (Lipinski definition) is 1. The highest BCUT2D eigenvalue weighted by molar-refractivity contribution is 5.33. The van der Waals surface area contributed by atoms with E-state index in [0.717, 1.165) is 25.1 Å². The normalized spacial score (nSPS) is 12.1. The van der Waals surface area contributed by atoms with Crippen molar-refractivity contribution in [2.75, 3.05) is 6.61 Å². The van der Waals surface area contributed by atoms with Gasteiger partial charge in [0.05, 0.1) is 6.61 Å². The molecule has 0 aliphatic heterocycles. The lowest BCUT2D eigenvalue weighted by Crippen LogP contribution is -2.24. The first-order chi connectivity index (χ1) is 10.3. The highest BCUT2D eigenvalue weighted by atomic mass is 16.5. The molecule has 2 aromatic carbocycles. The summed E-state index contributed by atoms with van der Waals surface area (Å²) in [6.45, 7) is 5.97. The molecule has 0 amide bonds. The van der Waals surface area contributed by atoms with Crippen molar-refractivity contribution in [1.29, 1.82) is 0 Å². The summed E-state index contributed by atoms with van der Waals surface area (Å²) in [6, 6.07) is 19.3. The van der Waals surface area contributed by atoms with Crippen molar-refractivity contribution in [3.8, 4) is 5.75 Å². The molecule has 0 saturated carbocycles. The molecule has 2 rings (SSSR count). The lowest BCUT2D eigenvalue weighted by atomic mass is 10.1. The highest BCUT2D eigenvalue weighted by Crippen LogP contribution is 2.18. The van der Waals surface area contributed by atoms with E-state index in [1.54, 1.807) is 0 Å². The SMILES string of the molecule is CCC(C)NCc1ccccc1OCCc1ccccc1. The Morgan fingerprint density at radius 1 is 1.00 bits per heavy atom. The number of ether oxygens (including phenoxy) is 1. The Hall–Kier alpha value is -1.80. The maximum atomic E-state index is 5.97. The zero-order chi connectivity index (χ0) is 14.9. The van der Waals surface area contributed by atoms with E-state index in [4.69, 9.17) is 4.74 Å². The summed E-state index contributed by atoms with van der Waals surface area (Å²) in [4.78, 5) is 0. The van der Waals surface area contributed by atoms with Crippen LogP contribution in [0.25, 0.3) is 0 Å². The van der Waals surface area contributed by atoms with E-state index in [1.165, 1.54) is 11.1 Å². The largest absolute Gasteiger partial charge is 0.493 e. The van der Waals surface area contributed by atoms with Gasteiger partial charge in [0.1, 0.15) is 5.75 Å². The molecule has 0 aliphatic rings. The smallest absolute Gasteiger partial charge is 0.123 e. The van der Waals surface area contributed by atoms with Gasteiger partial charge in [0.25, 0.3) is 0 Å². The van der Waals surface area contributed by atoms with Crippen molar-refractivity contribution in [3.05, 3.63) is 65.7 Å². The first-order valence-electron chi connectivity index (χ1n) is 7.77. The van der Waals surface area contributed by atoms with Crippen LogP contribution in [0.15, 0.2) is 54.6 Å². The third-order valence-electron chi connectivity index (χ3n) is 3.72. The van der Waals surface area contributed by atoms with Gasteiger partial charge < -0.3 is 10.1 Å². The fraction of sp³-hybridized carbons (Fsp3) is 0.368. The number of benzene rings is 2. The maximum absolute atomic E-state index is 5.97. The van der Waals surface area contributed by atoms with Crippen LogP contribution in [0.1, 0.15) is 31.4 Å². The maximum Gasteiger partial charge on any atom is 0.123 e. The molecule has 0 heterocycles. The highest BCUT2D eigenvalue weighted by Gasteiger charge is 2.04. The zero-order valence-electron chi connectivity index (χ0n) is 13.0. The number of para-hydroxylation sites is 1. The van der Waals surface area contributed by atoms with Gasteiger partial charge in [0.15, 0.2) is 0 Å². The monoisotopic (exact) mass is 283 g/mol. The van der Waals surface area contributed by atoms with Gasteiger partial charge in [-0.25, -0.2) is 0 Å². The molecule has 1 N–H and O–H groups in total. The van der Waals surface area contributed by atoms with Crippen molar-refractivity contribution < 1.29 is 4.74 Å². The summed E-state index contributed by atoms with van der Waals surface area (Å²) in [7, 11) is 0. The van der Waals surface area contributed by atoms with Crippen LogP contribution in [0.3, 0.4) is 0 Å². The number of rotatable bonds is 8. The Labute approximate surface area is 128 Å². The van der Waals surface area contributed by atoms with Crippen molar-refractivity contribution in [1.82, 2.24) is 5.32 Å². The van der Waals surface area contributed by atoms with Crippen molar-refractivity contribution in [3.63, 3.8) is 0 Å². The van der Waals surface area contributed by atoms with E-state index in [2.05, 4.69) is 61.6 Å². The molecule has 0 saturated heterocycles. The van der Waals surface area contributed by atoms with Crippen LogP contribution in [-0.4, -0.2) is 12.6 Å². The lowest BCUT2D eigenvalue weighted by Gasteiger charge is -2.15. The predicted molar refractivity (Wildman–Crippen MR) is 88.7 cm³/mol. The molecule has 0 aromatic heterocycles. The second-order valence-electron chi connectivity index (χ2n) is 5.38.